The van der Waals surface area contributed by atoms with Crippen LogP contribution in [0.5, 0.6) is 0 Å². The monoisotopic (exact) mass is 190 g/mol. The van der Waals surface area contributed by atoms with Crippen LogP contribution >= 0.6 is 0 Å². The maximum Gasteiger partial charge on any atom is 0.0323 e. The molecule has 1 unspecified atom stereocenters. The predicted octanol–water partition coefficient (Wildman–Crippen LogP) is 1.61. The highest BCUT2D eigenvalue weighted by molar-refractivity contribution is 5.32. The molecule has 2 heteroatoms. The highest BCUT2D eigenvalue weighted by atomic mass is 14.9. The van der Waals surface area contributed by atoms with Gasteiger partial charge in [-0.05, 0) is 30.4 Å². The van der Waals surface area contributed by atoms with Gasteiger partial charge in [-0.1, -0.05) is 24.3 Å². The molecule has 2 rings (SSSR count). The van der Waals surface area contributed by atoms with Crippen molar-refractivity contribution in [1.29, 1.82) is 0 Å². The van der Waals surface area contributed by atoms with Gasteiger partial charge in [-0.3, -0.25) is 0 Å². The minimum absolute atomic E-state index is 0.531. The van der Waals surface area contributed by atoms with Crippen molar-refractivity contribution in [2.24, 2.45) is 5.73 Å². The molecular formula is C12H18N2. The van der Waals surface area contributed by atoms with Crippen LogP contribution in [0.3, 0.4) is 0 Å². The zero-order valence-electron chi connectivity index (χ0n) is 8.50. The molecule has 1 aliphatic rings. The Bertz CT molecular complexity index is 296. The summed E-state index contributed by atoms with van der Waals surface area (Å²) >= 11 is 0. The van der Waals surface area contributed by atoms with Crippen LogP contribution in [-0.2, 0) is 6.42 Å². The number of nitrogens with one attached hydrogen (secondary N) is 1. The molecule has 0 heterocycles. The highest BCUT2D eigenvalue weighted by Gasteiger charge is 2.18. The largest absolute Gasteiger partial charge is 0.329 e. The van der Waals surface area contributed by atoms with Crippen molar-refractivity contribution in [2.45, 2.75) is 25.3 Å². The van der Waals surface area contributed by atoms with Crippen molar-refractivity contribution in [3.63, 3.8) is 0 Å². The van der Waals surface area contributed by atoms with Gasteiger partial charge in [0.1, 0.15) is 0 Å². The van der Waals surface area contributed by atoms with Crippen LogP contribution in [0.4, 0.5) is 0 Å². The standard InChI is InChI=1S/C12H18N2/c13-8-9-14-12-7-3-5-10-4-1-2-6-11(10)12/h1-2,4,6,12,14H,3,5,7-9,13H2. The summed E-state index contributed by atoms with van der Waals surface area (Å²) in [5.74, 6) is 0. The van der Waals surface area contributed by atoms with Gasteiger partial charge in [0.05, 0.1) is 0 Å². The molecule has 0 bridgehead atoms. The Morgan fingerprint density at radius 3 is 3.07 bits per heavy atom. The summed E-state index contributed by atoms with van der Waals surface area (Å²) in [5, 5.41) is 3.50. The minimum atomic E-state index is 0.531. The van der Waals surface area contributed by atoms with Gasteiger partial charge in [0.15, 0.2) is 0 Å². The van der Waals surface area contributed by atoms with E-state index < -0.39 is 0 Å². The fourth-order valence-corrected chi connectivity index (χ4v) is 2.22. The van der Waals surface area contributed by atoms with E-state index in [9.17, 15) is 0 Å². The molecule has 0 fully saturated rings. The molecule has 1 aromatic rings. The third kappa shape index (κ3) is 1.97. The molecule has 0 aliphatic heterocycles. The van der Waals surface area contributed by atoms with Crippen LogP contribution in [0.15, 0.2) is 24.3 Å². The lowest BCUT2D eigenvalue weighted by molar-refractivity contribution is 0.465. The van der Waals surface area contributed by atoms with Crippen LogP contribution < -0.4 is 11.1 Å². The van der Waals surface area contributed by atoms with Gasteiger partial charge in [0.25, 0.3) is 0 Å². The van der Waals surface area contributed by atoms with E-state index in [0.29, 0.717) is 6.04 Å². The van der Waals surface area contributed by atoms with Gasteiger partial charge in [-0.25, -0.2) is 0 Å². The van der Waals surface area contributed by atoms with Gasteiger partial charge in [0, 0.05) is 19.1 Å². The number of hydrogen-bond acceptors (Lipinski definition) is 2. The number of rotatable bonds is 3. The average Bonchev–Trinajstić information content (AvgIpc) is 2.26. The molecule has 0 saturated heterocycles. The summed E-state index contributed by atoms with van der Waals surface area (Å²) in [6.45, 7) is 1.64. The maximum absolute atomic E-state index is 5.50. The van der Waals surface area contributed by atoms with Gasteiger partial charge < -0.3 is 11.1 Å². The van der Waals surface area contributed by atoms with Crippen molar-refractivity contribution in [3.05, 3.63) is 35.4 Å². The molecule has 76 valence electrons. The fourth-order valence-electron chi connectivity index (χ4n) is 2.22. The van der Waals surface area contributed by atoms with Gasteiger partial charge >= 0.3 is 0 Å². The molecule has 0 amide bonds. The lowest BCUT2D eigenvalue weighted by Crippen LogP contribution is -2.29. The number of aryl methyl sites for hydroxylation is 1. The van der Waals surface area contributed by atoms with Crippen LogP contribution in [0.25, 0.3) is 0 Å². The third-order valence-corrected chi connectivity index (χ3v) is 2.90. The second-order valence-corrected chi connectivity index (χ2v) is 3.89. The van der Waals surface area contributed by atoms with Crippen molar-refractivity contribution in [3.8, 4) is 0 Å². The maximum atomic E-state index is 5.50. The Labute approximate surface area is 85.5 Å². The Morgan fingerprint density at radius 2 is 2.21 bits per heavy atom. The zero-order chi connectivity index (χ0) is 9.80. The van der Waals surface area contributed by atoms with Crippen LogP contribution in [0.1, 0.15) is 30.0 Å². The van der Waals surface area contributed by atoms with Crippen molar-refractivity contribution < 1.29 is 0 Å². The fraction of sp³-hybridized carbons (Fsp3) is 0.500. The molecule has 0 radical (unpaired) electrons. The molecule has 3 N–H and O–H groups in total. The van der Waals surface area contributed by atoms with E-state index in [1.54, 1.807) is 0 Å². The molecule has 0 saturated carbocycles. The SMILES string of the molecule is NCCNC1CCCc2ccccc21. The summed E-state index contributed by atoms with van der Waals surface area (Å²) < 4.78 is 0. The molecule has 2 nitrogen and oxygen atoms in total. The Morgan fingerprint density at radius 1 is 1.36 bits per heavy atom. The van der Waals surface area contributed by atoms with Gasteiger partial charge in [-0.2, -0.15) is 0 Å². The first-order chi connectivity index (χ1) is 6.92. The second kappa shape index (κ2) is 4.58. The first-order valence-corrected chi connectivity index (χ1v) is 5.43. The summed E-state index contributed by atoms with van der Waals surface area (Å²) in [7, 11) is 0. The topological polar surface area (TPSA) is 38.0 Å². The number of nitrogens with two attached hydrogens (primary N) is 1. The molecular weight excluding hydrogens is 172 g/mol. The highest BCUT2D eigenvalue weighted by Crippen LogP contribution is 2.28. The first-order valence-electron chi connectivity index (χ1n) is 5.43. The van der Waals surface area contributed by atoms with E-state index in [-0.39, 0.29) is 0 Å². The van der Waals surface area contributed by atoms with E-state index in [0.717, 1.165) is 13.1 Å². The summed E-state index contributed by atoms with van der Waals surface area (Å²) in [4.78, 5) is 0. The first kappa shape index (κ1) is 9.69. The predicted molar refractivity (Wildman–Crippen MR) is 59.2 cm³/mol. The zero-order valence-corrected chi connectivity index (χ0v) is 8.50. The van der Waals surface area contributed by atoms with E-state index in [1.807, 2.05) is 0 Å². The quantitative estimate of drug-likeness (QED) is 0.760. The molecule has 0 spiro atoms. The second-order valence-electron chi connectivity index (χ2n) is 3.89. The van der Waals surface area contributed by atoms with Gasteiger partial charge in [-0.15, -0.1) is 0 Å². The van der Waals surface area contributed by atoms with Crippen LogP contribution in [-0.4, -0.2) is 13.1 Å². The average molecular weight is 190 g/mol. The van der Waals surface area contributed by atoms with Crippen LogP contribution in [0, 0.1) is 0 Å². The molecule has 14 heavy (non-hydrogen) atoms. The van der Waals surface area contributed by atoms with E-state index in [2.05, 4.69) is 29.6 Å². The minimum Gasteiger partial charge on any atom is -0.329 e. The Hall–Kier alpha value is -0.860. The Kier molecular flexibility index (Phi) is 3.17. The van der Waals surface area contributed by atoms with E-state index in [1.165, 1.54) is 30.4 Å². The number of benzene rings is 1. The molecule has 0 aromatic heterocycles. The third-order valence-electron chi connectivity index (χ3n) is 2.90. The summed E-state index contributed by atoms with van der Waals surface area (Å²) in [6.07, 6.45) is 3.77. The van der Waals surface area contributed by atoms with Crippen molar-refractivity contribution in [1.82, 2.24) is 5.32 Å². The van der Waals surface area contributed by atoms with E-state index in [4.69, 9.17) is 5.73 Å². The summed E-state index contributed by atoms with van der Waals surface area (Å²) in [5.41, 5.74) is 8.49. The van der Waals surface area contributed by atoms with E-state index >= 15 is 0 Å². The van der Waals surface area contributed by atoms with Crippen molar-refractivity contribution >= 4 is 0 Å². The summed E-state index contributed by atoms with van der Waals surface area (Å²) in [6, 6.07) is 9.27. The number of hydrogen-bond donors (Lipinski definition) is 2. The molecule has 1 atom stereocenters. The normalized spacial score (nSPS) is 20.5. The number of fused-ring (bicyclic) bond motifs is 1. The molecule has 1 aliphatic carbocycles. The van der Waals surface area contributed by atoms with Crippen LogP contribution in [0.2, 0.25) is 0 Å². The Balaban J connectivity index is 2.14. The van der Waals surface area contributed by atoms with Crippen molar-refractivity contribution in [2.75, 3.05) is 13.1 Å². The van der Waals surface area contributed by atoms with Gasteiger partial charge in [0.2, 0.25) is 0 Å². The molecule has 1 aromatic carbocycles. The lowest BCUT2D eigenvalue weighted by atomic mass is 9.88. The lowest BCUT2D eigenvalue weighted by Gasteiger charge is -2.26. The smallest absolute Gasteiger partial charge is 0.0323 e.